The highest BCUT2D eigenvalue weighted by atomic mass is 31.2. The summed E-state index contributed by atoms with van der Waals surface area (Å²) in [6.07, 6.45) is 44.3. The van der Waals surface area contributed by atoms with E-state index >= 15 is 0 Å². The Morgan fingerprint density at radius 1 is 0.585 bits per heavy atom. The average Bonchev–Trinajstić information content (AvgIpc) is 3.15. The Labute approximate surface area is 327 Å². The number of nitrogens with two attached hydrogens (primary N) is 2. The molecule has 9 nitrogen and oxygen atoms in total. The number of allylic oxidation sites excluding steroid dienone is 4. The van der Waals surface area contributed by atoms with E-state index in [9.17, 15) is 9.36 Å². The predicted octanol–water partition coefficient (Wildman–Crippen LogP) is 12.4. The van der Waals surface area contributed by atoms with E-state index in [1.54, 1.807) is 0 Å². The van der Waals surface area contributed by atoms with E-state index in [4.69, 9.17) is 25.3 Å². The lowest BCUT2D eigenvalue weighted by molar-refractivity contribution is -0.143. The molecule has 0 spiro atoms. The van der Waals surface area contributed by atoms with Crippen molar-refractivity contribution in [2.24, 2.45) is 16.5 Å². The normalized spacial score (nSPS) is 12.6. The molecule has 0 bridgehead atoms. The van der Waals surface area contributed by atoms with Gasteiger partial charge in [-0.2, -0.15) is 0 Å². The quantitative estimate of drug-likeness (QED) is 0.0140. The van der Waals surface area contributed by atoms with Gasteiger partial charge >= 0.3 is 13.7 Å². The third kappa shape index (κ3) is 37.0. The van der Waals surface area contributed by atoms with Crippen LogP contribution in [-0.2, 0) is 23.1 Å². The smallest absolute Gasteiger partial charge is 0.406 e. The van der Waals surface area contributed by atoms with E-state index in [0.29, 0.717) is 32.6 Å². The minimum absolute atomic E-state index is 0.00352. The van der Waals surface area contributed by atoms with Gasteiger partial charge in [-0.3, -0.25) is 18.8 Å². The second-order valence-electron chi connectivity index (χ2n) is 14.7. The summed E-state index contributed by atoms with van der Waals surface area (Å²) in [4.78, 5) is 16.6. The summed E-state index contributed by atoms with van der Waals surface area (Å²) in [5, 5.41) is 2.89. The van der Waals surface area contributed by atoms with Crippen molar-refractivity contribution >= 4 is 19.7 Å². The molecule has 0 unspecified atom stereocenters. The first-order chi connectivity index (χ1) is 25.9. The SMILES string of the molecule is CCCCCCCC/C=C/CCCCCCCCOP(=O)(N[C@H](CCCN=C(N)N)C(=O)OC)OCCCCCCCC/C=C/CCCCCCCC. The number of aliphatic imine (C=N–C) groups is 1. The molecule has 10 heteroatoms. The number of carbonyl (C=O) groups excluding carboxylic acids is 1. The van der Waals surface area contributed by atoms with Crippen molar-refractivity contribution in [3.05, 3.63) is 24.3 Å². The maximum absolute atomic E-state index is 13.9. The number of methoxy groups -OCH3 is 1. The molecule has 0 amide bonds. The number of hydrogen-bond acceptors (Lipinski definition) is 6. The van der Waals surface area contributed by atoms with Gasteiger partial charge in [0.25, 0.3) is 0 Å². The van der Waals surface area contributed by atoms with E-state index in [-0.39, 0.29) is 5.96 Å². The molecule has 312 valence electrons. The zero-order valence-corrected chi connectivity index (χ0v) is 35.7. The summed E-state index contributed by atoms with van der Waals surface area (Å²) in [6, 6.07) is -0.847. The summed E-state index contributed by atoms with van der Waals surface area (Å²) < 4.78 is 30.6. The highest BCUT2D eigenvalue weighted by molar-refractivity contribution is 7.51. The Hall–Kier alpha value is -1.67. The van der Waals surface area contributed by atoms with Gasteiger partial charge < -0.3 is 16.2 Å². The minimum Gasteiger partial charge on any atom is -0.468 e. The lowest BCUT2D eigenvalue weighted by Gasteiger charge is -2.24. The molecule has 0 aromatic rings. The molecule has 0 radical (unpaired) electrons. The van der Waals surface area contributed by atoms with Gasteiger partial charge in [-0.05, 0) is 77.0 Å². The van der Waals surface area contributed by atoms with Gasteiger partial charge in [-0.15, -0.1) is 0 Å². The molecule has 0 fully saturated rings. The van der Waals surface area contributed by atoms with Crippen molar-refractivity contribution in [1.29, 1.82) is 0 Å². The third-order valence-corrected chi connectivity index (χ3v) is 11.3. The Bertz CT molecular complexity index is 894. The van der Waals surface area contributed by atoms with Crippen LogP contribution in [0.3, 0.4) is 0 Å². The molecule has 0 heterocycles. The van der Waals surface area contributed by atoms with Crippen LogP contribution in [0, 0.1) is 0 Å². The van der Waals surface area contributed by atoms with E-state index in [1.807, 2.05) is 0 Å². The van der Waals surface area contributed by atoms with Crippen molar-refractivity contribution in [2.75, 3.05) is 26.9 Å². The highest BCUT2D eigenvalue weighted by Crippen LogP contribution is 2.45. The van der Waals surface area contributed by atoms with Gasteiger partial charge in [0.05, 0.1) is 20.3 Å². The summed E-state index contributed by atoms with van der Waals surface area (Å²) in [5.41, 5.74) is 10.9. The number of nitrogens with one attached hydrogen (secondary N) is 1. The van der Waals surface area contributed by atoms with Crippen molar-refractivity contribution in [3.63, 3.8) is 0 Å². The van der Waals surface area contributed by atoms with E-state index in [2.05, 4.69) is 48.2 Å². The molecule has 0 aromatic carbocycles. The minimum atomic E-state index is -3.74. The second kappa shape index (κ2) is 40.0. The number of esters is 1. The molecule has 1 atom stereocenters. The van der Waals surface area contributed by atoms with Crippen LogP contribution < -0.4 is 16.6 Å². The monoisotopic (exact) mass is 769 g/mol. The van der Waals surface area contributed by atoms with Crippen molar-refractivity contribution in [2.45, 2.75) is 213 Å². The predicted molar refractivity (Wildman–Crippen MR) is 227 cm³/mol. The maximum Gasteiger partial charge on any atom is 0.406 e. The van der Waals surface area contributed by atoms with E-state index in [0.717, 1.165) is 51.4 Å². The topological polar surface area (TPSA) is 138 Å². The zero-order chi connectivity index (χ0) is 38.9. The van der Waals surface area contributed by atoms with Crippen LogP contribution in [0.4, 0.5) is 0 Å². The third-order valence-electron chi connectivity index (χ3n) is 9.58. The number of guanidine groups is 1. The maximum atomic E-state index is 13.9. The van der Waals surface area contributed by atoms with E-state index < -0.39 is 19.8 Å². The van der Waals surface area contributed by atoms with Crippen molar-refractivity contribution in [1.82, 2.24) is 5.09 Å². The molecule has 0 rings (SSSR count). The number of carbonyl (C=O) groups is 1. The number of nitrogens with zero attached hydrogens (tertiary/aromatic N) is 1. The molecule has 0 aliphatic heterocycles. The molecule has 5 N–H and O–H groups in total. The van der Waals surface area contributed by atoms with Gasteiger partial charge in [0, 0.05) is 6.54 Å². The van der Waals surface area contributed by atoms with E-state index in [1.165, 1.54) is 136 Å². The Kier molecular flexibility index (Phi) is 38.7. The molecule has 0 aliphatic rings. The first-order valence-corrected chi connectivity index (χ1v) is 23.5. The number of hydrogen-bond donors (Lipinski definition) is 3. The highest BCUT2D eigenvalue weighted by Gasteiger charge is 2.32. The van der Waals surface area contributed by atoms with Crippen LogP contribution in [0.5, 0.6) is 0 Å². The fraction of sp³-hybridized carbons (Fsp3) is 0.860. The molecule has 0 aliphatic carbocycles. The number of rotatable bonds is 41. The van der Waals surface area contributed by atoms with Gasteiger partial charge in [-0.25, -0.2) is 9.65 Å². The Morgan fingerprint density at radius 3 is 1.30 bits per heavy atom. The van der Waals surface area contributed by atoms with Gasteiger partial charge in [0.2, 0.25) is 0 Å². The van der Waals surface area contributed by atoms with Crippen LogP contribution in [0.15, 0.2) is 29.3 Å². The molecule has 0 aromatic heterocycles. The number of unbranched alkanes of at least 4 members (excludes halogenated alkanes) is 24. The average molecular weight is 769 g/mol. The fourth-order valence-electron chi connectivity index (χ4n) is 6.25. The Morgan fingerprint density at radius 2 is 0.943 bits per heavy atom. The molecular formula is C43H85N4O5P. The zero-order valence-electron chi connectivity index (χ0n) is 34.8. The largest absolute Gasteiger partial charge is 0.468 e. The van der Waals surface area contributed by atoms with Gasteiger partial charge in [-0.1, -0.05) is 154 Å². The van der Waals surface area contributed by atoms with Crippen LogP contribution >= 0.6 is 7.75 Å². The molecule has 53 heavy (non-hydrogen) atoms. The van der Waals surface area contributed by atoms with Crippen molar-refractivity contribution in [3.8, 4) is 0 Å². The summed E-state index contributed by atoms with van der Waals surface area (Å²) >= 11 is 0. The lowest BCUT2D eigenvalue weighted by atomic mass is 10.1. The molecule has 0 saturated heterocycles. The first-order valence-electron chi connectivity index (χ1n) is 22.0. The van der Waals surface area contributed by atoms with Crippen LogP contribution in [0.2, 0.25) is 0 Å². The first kappa shape index (κ1) is 51.3. The van der Waals surface area contributed by atoms with Gasteiger partial charge in [0.1, 0.15) is 6.04 Å². The van der Waals surface area contributed by atoms with Crippen molar-refractivity contribution < 1.29 is 23.1 Å². The fourth-order valence-corrected chi connectivity index (χ4v) is 7.83. The Balaban J connectivity index is 4.45. The van der Waals surface area contributed by atoms with Gasteiger partial charge in [0.15, 0.2) is 5.96 Å². The second-order valence-corrected chi connectivity index (χ2v) is 16.5. The van der Waals surface area contributed by atoms with Crippen LogP contribution in [-0.4, -0.2) is 44.8 Å². The number of ether oxygens (including phenoxy) is 1. The summed E-state index contributed by atoms with van der Waals surface area (Å²) in [7, 11) is -2.42. The lowest BCUT2D eigenvalue weighted by Crippen LogP contribution is -2.37. The van der Waals surface area contributed by atoms with Crippen LogP contribution in [0.1, 0.15) is 206 Å². The summed E-state index contributed by atoms with van der Waals surface area (Å²) in [6.45, 7) is 5.50. The standard InChI is InChI=1S/C43H85N4O5P/c1-4-6-8-10-12-14-16-18-20-22-24-26-28-30-32-34-39-51-53(49,47-41(42(48)50-3)37-36-38-46-43(44)45)52-40-35-33-31-29-27-25-23-21-19-17-15-13-11-9-7-5-2/h18-21,41H,4-17,22-40H2,1-3H3,(H,47,49)(H4,44,45,46)/b20-18+,21-19+/t41-/m1/s1. The van der Waals surface area contributed by atoms with Crippen LogP contribution in [0.25, 0.3) is 0 Å². The molecule has 0 saturated carbocycles. The summed E-state index contributed by atoms with van der Waals surface area (Å²) in [5.74, 6) is -0.521. The molecular weight excluding hydrogens is 683 g/mol.